The van der Waals surface area contributed by atoms with Gasteiger partial charge in [0.05, 0.1) is 0 Å². The van der Waals surface area contributed by atoms with Crippen LogP contribution in [-0.4, -0.2) is 37.5 Å². The number of halogens is 1. The van der Waals surface area contributed by atoms with E-state index in [2.05, 4.69) is 21.2 Å². The highest BCUT2D eigenvalue weighted by atomic mass is 79.9. The molecule has 1 aliphatic heterocycles. The van der Waals surface area contributed by atoms with Gasteiger partial charge in [0.25, 0.3) is 0 Å². The predicted molar refractivity (Wildman–Crippen MR) is 86.4 cm³/mol. The van der Waals surface area contributed by atoms with Gasteiger partial charge in [-0.3, -0.25) is 4.79 Å². The molecule has 1 unspecified atom stereocenters. The Morgan fingerprint density at radius 3 is 2.90 bits per heavy atom. The molecule has 1 aromatic rings. The molecule has 3 nitrogen and oxygen atoms in total. The average molecular weight is 337 g/mol. The van der Waals surface area contributed by atoms with Crippen molar-refractivity contribution in [2.45, 2.75) is 12.8 Å². The number of amides is 1. The minimum atomic E-state index is 0.119. The highest BCUT2D eigenvalue weighted by Gasteiger charge is 2.21. The summed E-state index contributed by atoms with van der Waals surface area (Å²) < 4.78 is 1.05. The van der Waals surface area contributed by atoms with Crippen LogP contribution in [0.3, 0.4) is 0 Å². The topological polar surface area (TPSA) is 32.3 Å². The molecule has 1 fully saturated rings. The number of nitrogens with zero attached hydrogens (tertiary/aromatic N) is 1. The van der Waals surface area contributed by atoms with Gasteiger partial charge in [-0.05, 0) is 56.1 Å². The molecule has 1 heterocycles. The zero-order chi connectivity index (χ0) is 14.4. The fraction of sp³-hybridized carbons (Fsp3) is 0.438. The maximum atomic E-state index is 12.2. The van der Waals surface area contributed by atoms with Crippen molar-refractivity contribution in [2.24, 2.45) is 5.92 Å². The summed E-state index contributed by atoms with van der Waals surface area (Å²) in [5.41, 5.74) is 1.05. The minimum absolute atomic E-state index is 0.119. The predicted octanol–water partition coefficient (Wildman–Crippen LogP) is 2.92. The van der Waals surface area contributed by atoms with Crippen LogP contribution < -0.4 is 5.32 Å². The first kappa shape index (κ1) is 15.3. The molecule has 0 radical (unpaired) electrons. The van der Waals surface area contributed by atoms with Crippen LogP contribution in [0.4, 0.5) is 0 Å². The van der Waals surface area contributed by atoms with Gasteiger partial charge in [0.1, 0.15) is 0 Å². The van der Waals surface area contributed by atoms with Gasteiger partial charge in [0.15, 0.2) is 0 Å². The molecular weight excluding hydrogens is 316 g/mol. The van der Waals surface area contributed by atoms with Crippen molar-refractivity contribution < 1.29 is 4.79 Å². The number of carbonyl (C=O) groups is 1. The summed E-state index contributed by atoms with van der Waals surface area (Å²) in [7, 11) is 1.97. The van der Waals surface area contributed by atoms with Crippen molar-refractivity contribution in [3.8, 4) is 0 Å². The van der Waals surface area contributed by atoms with Crippen LogP contribution in [0.1, 0.15) is 18.4 Å². The molecule has 4 heteroatoms. The number of likely N-dealkylation sites (tertiary alicyclic amines) is 1. The number of carbonyl (C=O) groups excluding carboxylic acids is 1. The van der Waals surface area contributed by atoms with Crippen LogP contribution in [0.5, 0.6) is 0 Å². The highest BCUT2D eigenvalue weighted by molar-refractivity contribution is 9.10. The van der Waals surface area contributed by atoms with Gasteiger partial charge in [0, 0.05) is 23.6 Å². The zero-order valence-electron chi connectivity index (χ0n) is 11.8. The summed E-state index contributed by atoms with van der Waals surface area (Å²) in [6.07, 6.45) is 5.88. The zero-order valence-corrected chi connectivity index (χ0v) is 13.4. The normalized spacial score (nSPS) is 19.5. The van der Waals surface area contributed by atoms with E-state index in [-0.39, 0.29) is 5.91 Å². The summed E-state index contributed by atoms with van der Waals surface area (Å²) in [6.45, 7) is 2.73. The van der Waals surface area contributed by atoms with Crippen molar-refractivity contribution in [1.29, 1.82) is 0 Å². The van der Waals surface area contributed by atoms with Gasteiger partial charge in [-0.1, -0.05) is 28.1 Å². The van der Waals surface area contributed by atoms with E-state index < -0.39 is 0 Å². The maximum Gasteiger partial charge on any atom is 0.246 e. The number of rotatable bonds is 4. The Morgan fingerprint density at radius 2 is 2.20 bits per heavy atom. The monoisotopic (exact) mass is 336 g/mol. The van der Waals surface area contributed by atoms with Crippen molar-refractivity contribution in [1.82, 2.24) is 10.2 Å². The Balaban J connectivity index is 1.92. The summed E-state index contributed by atoms with van der Waals surface area (Å²) in [6, 6.07) is 7.95. The third-order valence-electron chi connectivity index (χ3n) is 3.61. The Kier molecular flexibility index (Phi) is 5.80. The first-order valence-electron chi connectivity index (χ1n) is 7.06. The van der Waals surface area contributed by atoms with Crippen molar-refractivity contribution >= 4 is 27.9 Å². The number of hydrogen-bond donors (Lipinski definition) is 1. The Morgan fingerprint density at radius 1 is 1.45 bits per heavy atom. The van der Waals surface area contributed by atoms with E-state index in [4.69, 9.17) is 0 Å². The van der Waals surface area contributed by atoms with Crippen LogP contribution in [0.25, 0.3) is 6.08 Å². The quantitative estimate of drug-likeness (QED) is 0.857. The highest BCUT2D eigenvalue weighted by Crippen LogP contribution is 2.16. The lowest BCUT2D eigenvalue weighted by Gasteiger charge is -2.32. The van der Waals surface area contributed by atoms with Crippen LogP contribution in [0, 0.1) is 5.92 Å². The minimum Gasteiger partial charge on any atom is -0.339 e. The lowest BCUT2D eigenvalue weighted by atomic mass is 9.98. The number of benzene rings is 1. The second-order valence-corrected chi connectivity index (χ2v) is 6.15. The van der Waals surface area contributed by atoms with Crippen LogP contribution >= 0.6 is 15.9 Å². The lowest BCUT2D eigenvalue weighted by molar-refractivity contribution is -0.127. The van der Waals surface area contributed by atoms with Gasteiger partial charge in [-0.25, -0.2) is 0 Å². The van der Waals surface area contributed by atoms with Gasteiger partial charge in [0.2, 0.25) is 5.91 Å². The first-order chi connectivity index (χ1) is 9.69. The van der Waals surface area contributed by atoms with E-state index in [1.54, 1.807) is 6.08 Å². The van der Waals surface area contributed by atoms with Crippen molar-refractivity contribution in [2.75, 3.05) is 26.7 Å². The Bertz CT molecular complexity index is 468. The fourth-order valence-corrected chi connectivity index (χ4v) is 2.83. The Hall–Kier alpha value is -1.13. The molecule has 0 bridgehead atoms. The van der Waals surface area contributed by atoms with Crippen molar-refractivity contribution in [3.63, 3.8) is 0 Å². The average Bonchev–Trinajstić information content (AvgIpc) is 2.47. The SMILES string of the molecule is CNCC1CCCN(C(=O)C=Cc2ccc(Br)cc2)C1. The smallest absolute Gasteiger partial charge is 0.246 e. The molecule has 2 rings (SSSR count). The second-order valence-electron chi connectivity index (χ2n) is 5.24. The van der Waals surface area contributed by atoms with Gasteiger partial charge in [-0.15, -0.1) is 0 Å². The first-order valence-corrected chi connectivity index (χ1v) is 7.85. The van der Waals surface area contributed by atoms with E-state index in [1.165, 1.54) is 6.42 Å². The molecule has 0 saturated carbocycles. The molecule has 0 aromatic heterocycles. The molecule has 1 amide bonds. The molecule has 1 N–H and O–H groups in total. The largest absolute Gasteiger partial charge is 0.339 e. The third kappa shape index (κ3) is 4.46. The molecule has 0 aliphatic carbocycles. The third-order valence-corrected chi connectivity index (χ3v) is 4.14. The van der Waals surface area contributed by atoms with E-state index in [0.717, 1.165) is 36.1 Å². The number of hydrogen-bond acceptors (Lipinski definition) is 2. The molecule has 0 spiro atoms. The fourth-order valence-electron chi connectivity index (χ4n) is 2.57. The molecule has 108 valence electrons. The number of piperidine rings is 1. The van der Waals surface area contributed by atoms with Gasteiger partial charge in [-0.2, -0.15) is 0 Å². The van der Waals surface area contributed by atoms with E-state index in [9.17, 15) is 4.79 Å². The molecule has 1 atom stereocenters. The van der Waals surface area contributed by atoms with Crippen molar-refractivity contribution in [3.05, 3.63) is 40.4 Å². The summed E-state index contributed by atoms with van der Waals surface area (Å²) in [5, 5.41) is 3.20. The molecule has 20 heavy (non-hydrogen) atoms. The van der Waals surface area contributed by atoms with Crippen LogP contribution in [0.2, 0.25) is 0 Å². The van der Waals surface area contributed by atoms with E-state index in [1.807, 2.05) is 42.3 Å². The van der Waals surface area contributed by atoms with E-state index in [0.29, 0.717) is 5.92 Å². The second kappa shape index (κ2) is 7.60. The van der Waals surface area contributed by atoms with Crippen LogP contribution in [0.15, 0.2) is 34.8 Å². The molecule has 1 aromatic carbocycles. The Labute approximate surface area is 129 Å². The molecule has 1 saturated heterocycles. The molecular formula is C16H21BrN2O. The number of nitrogens with one attached hydrogen (secondary N) is 1. The lowest BCUT2D eigenvalue weighted by Crippen LogP contribution is -2.41. The van der Waals surface area contributed by atoms with Crippen LogP contribution in [-0.2, 0) is 4.79 Å². The van der Waals surface area contributed by atoms with Gasteiger partial charge < -0.3 is 10.2 Å². The summed E-state index contributed by atoms with van der Waals surface area (Å²) in [4.78, 5) is 14.2. The molecule has 1 aliphatic rings. The summed E-state index contributed by atoms with van der Waals surface area (Å²) >= 11 is 3.40. The summed E-state index contributed by atoms with van der Waals surface area (Å²) in [5.74, 6) is 0.701. The van der Waals surface area contributed by atoms with E-state index >= 15 is 0 Å². The van der Waals surface area contributed by atoms with Gasteiger partial charge >= 0.3 is 0 Å². The standard InChI is InChI=1S/C16H21BrN2O/c1-18-11-14-3-2-10-19(12-14)16(20)9-6-13-4-7-15(17)8-5-13/h4-9,14,18H,2-3,10-12H2,1H3. The maximum absolute atomic E-state index is 12.2.